The smallest absolute Gasteiger partial charge is 0.225 e. The molecule has 6 nitrogen and oxygen atoms in total. The fourth-order valence-corrected chi connectivity index (χ4v) is 4.10. The Morgan fingerprint density at radius 1 is 1.19 bits per heavy atom. The lowest BCUT2D eigenvalue weighted by molar-refractivity contribution is -0.134. The fraction of sp³-hybridized carbons (Fsp3) is 0.524. The number of aromatic nitrogens is 3. The van der Waals surface area contributed by atoms with E-state index in [1.54, 1.807) is 12.4 Å². The standard InChI is InChI=1S/C21H27N5O/c1-14-15(2)23-20(17-8-5-10-22-12-17)25-19(14)24-18-9-11-26(13-18)21(27)16-6-3-4-7-16/h5,8,10,12,16,18H,3-4,6-7,9,11,13H2,1-2H3,(H,23,24,25). The summed E-state index contributed by atoms with van der Waals surface area (Å²) in [6.07, 6.45) is 9.01. The van der Waals surface area contributed by atoms with E-state index in [1.165, 1.54) is 12.8 Å². The van der Waals surface area contributed by atoms with E-state index in [4.69, 9.17) is 4.98 Å². The van der Waals surface area contributed by atoms with Crippen molar-refractivity contribution in [2.45, 2.75) is 52.0 Å². The Morgan fingerprint density at radius 3 is 2.74 bits per heavy atom. The maximum Gasteiger partial charge on any atom is 0.225 e. The number of nitrogens with zero attached hydrogens (tertiary/aromatic N) is 4. The molecular formula is C21H27N5O. The quantitative estimate of drug-likeness (QED) is 0.900. The van der Waals surface area contributed by atoms with Crippen molar-refractivity contribution in [3.05, 3.63) is 35.8 Å². The Bertz CT molecular complexity index is 817. The van der Waals surface area contributed by atoms with Crippen LogP contribution >= 0.6 is 0 Å². The zero-order valence-electron chi connectivity index (χ0n) is 16.1. The van der Waals surface area contributed by atoms with Crippen LogP contribution in [0.4, 0.5) is 5.82 Å². The second-order valence-corrected chi connectivity index (χ2v) is 7.74. The summed E-state index contributed by atoms with van der Waals surface area (Å²) in [6.45, 7) is 5.65. The van der Waals surface area contributed by atoms with Crippen LogP contribution in [0.2, 0.25) is 0 Å². The summed E-state index contributed by atoms with van der Waals surface area (Å²) in [5.74, 6) is 2.15. The minimum Gasteiger partial charge on any atom is -0.365 e. The second-order valence-electron chi connectivity index (χ2n) is 7.74. The van der Waals surface area contributed by atoms with Gasteiger partial charge in [-0.15, -0.1) is 0 Å². The van der Waals surface area contributed by atoms with Crippen LogP contribution in [0, 0.1) is 19.8 Å². The van der Waals surface area contributed by atoms with Crippen LogP contribution in [0.1, 0.15) is 43.4 Å². The highest BCUT2D eigenvalue weighted by Crippen LogP contribution is 2.29. The average Bonchev–Trinajstić information content (AvgIpc) is 3.38. The Labute approximate surface area is 160 Å². The molecule has 6 heteroatoms. The van der Waals surface area contributed by atoms with Crippen LogP contribution in [0.15, 0.2) is 24.5 Å². The van der Waals surface area contributed by atoms with Crippen molar-refractivity contribution in [1.82, 2.24) is 19.9 Å². The number of carbonyl (C=O) groups excluding carboxylic acids is 1. The molecule has 3 heterocycles. The van der Waals surface area contributed by atoms with Gasteiger partial charge in [0.2, 0.25) is 5.91 Å². The van der Waals surface area contributed by atoms with Gasteiger partial charge in [-0.25, -0.2) is 9.97 Å². The summed E-state index contributed by atoms with van der Waals surface area (Å²) in [5.41, 5.74) is 2.93. The van der Waals surface area contributed by atoms with E-state index in [2.05, 4.69) is 15.3 Å². The molecule has 0 aromatic carbocycles. The Hall–Kier alpha value is -2.50. The summed E-state index contributed by atoms with van der Waals surface area (Å²) in [4.78, 5) is 28.2. The largest absolute Gasteiger partial charge is 0.365 e. The molecule has 2 aromatic heterocycles. The lowest BCUT2D eigenvalue weighted by Crippen LogP contribution is -2.35. The van der Waals surface area contributed by atoms with Crippen LogP contribution in [0.3, 0.4) is 0 Å². The molecule has 2 aliphatic rings. The molecule has 1 aliphatic heterocycles. The highest BCUT2D eigenvalue weighted by atomic mass is 16.2. The third kappa shape index (κ3) is 3.80. The zero-order valence-corrected chi connectivity index (χ0v) is 16.1. The molecule has 27 heavy (non-hydrogen) atoms. The molecule has 1 unspecified atom stereocenters. The predicted octanol–water partition coefficient (Wildman–Crippen LogP) is 3.36. The number of rotatable bonds is 4. The van der Waals surface area contributed by atoms with Gasteiger partial charge in [0, 0.05) is 54.3 Å². The van der Waals surface area contributed by atoms with Crippen molar-refractivity contribution in [1.29, 1.82) is 0 Å². The van der Waals surface area contributed by atoms with E-state index in [1.807, 2.05) is 30.9 Å². The van der Waals surface area contributed by atoms with Crippen LogP contribution in [0.5, 0.6) is 0 Å². The minimum absolute atomic E-state index is 0.241. The molecule has 142 valence electrons. The van der Waals surface area contributed by atoms with Crippen molar-refractivity contribution in [2.24, 2.45) is 5.92 Å². The summed E-state index contributed by atoms with van der Waals surface area (Å²) in [5, 5.41) is 3.57. The highest BCUT2D eigenvalue weighted by molar-refractivity contribution is 5.79. The van der Waals surface area contributed by atoms with Gasteiger partial charge >= 0.3 is 0 Å². The molecular weight excluding hydrogens is 338 g/mol. The van der Waals surface area contributed by atoms with Gasteiger partial charge < -0.3 is 10.2 Å². The monoisotopic (exact) mass is 365 g/mol. The minimum atomic E-state index is 0.241. The summed E-state index contributed by atoms with van der Waals surface area (Å²) in [6, 6.07) is 4.10. The zero-order chi connectivity index (χ0) is 18.8. The van der Waals surface area contributed by atoms with Crippen molar-refractivity contribution >= 4 is 11.7 Å². The topological polar surface area (TPSA) is 71.0 Å². The predicted molar refractivity (Wildman–Crippen MR) is 105 cm³/mol. The Kier molecular flexibility index (Phi) is 5.05. The number of hydrogen-bond donors (Lipinski definition) is 1. The van der Waals surface area contributed by atoms with Gasteiger partial charge in [0.15, 0.2) is 5.82 Å². The first-order valence-electron chi connectivity index (χ1n) is 9.93. The van der Waals surface area contributed by atoms with Crippen LogP contribution in [-0.2, 0) is 4.79 Å². The number of pyridine rings is 1. The van der Waals surface area contributed by atoms with Gasteiger partial charge in [-0.05, 0) is 45.2 Å². The van der Waals surface area contributed by atoms with Gasteiger partial charge in [-0.3, -0.25) is 9.78 Å². The van der Waals surface area contributed by atoms with Crippen molar-refractivity contribution in [2.75, 3.05) is 18.4 Å². The lowest BCUT2D eigenvalue weighted by atomic mass is 10.1. The first-order chi connectivity index (χ1) is 13.1. The molecule has 4 rings (SSSR count). The van der Waals surface area contributed by atoms with Gasteiger partial charge in [-0.2, -0.15) is 0 Å². The molecule has 1 aliphatic carbocycles. The number of anilines is 1. The van der Waals surface area contributed by atoms with E-state index >= 15 is 0 Å². The van der Waals surface area contributed by atoms with Crippen LogP contribution in [0.25, 0.3) is 11.4 Å². The third-order valence-corrected chi connectivity index (χ3v) is 5.85. The third-order valence-electron chi connectivity index (χ3n) is 5.85. The SMILES string of the molecule is Cc1nc(-c2cccnc2)nc(NC2CCN(C(=O)C3CCCC3)C2)c1C. The van der Waals surface area contributed by atoms with E-state index in [-0.39, 0.29) is 12.0 Å². The molecule has 2 fully saturated rings. The number of likely N-dealkylation sites (tertiary alicyclic amines) is 1. The molecule has 1 atom stereocenters. The van der Waals surface area contributed by atoms with E-state index < -0.39 is 0 Å². The number of aryl methyl sites for hydroxylation is 1. The van der Waals surface area contributed by atoms with E-state index in [0.717, 1.165) is 55.0 Å². The average molecular weight is 365 g/mol. The number of nitrogens with one attached hydrogen (secondary N) is 1. The van der Waals surface area contributed by atoms with Crippen molar-refractivity contribution in [3.63, 3.8) is 0 Å². The Balaban J connectivity index is 1.48. The molecule has 1 N–H and O–H groups in total. The molecule has 0 radical (unpaired) electrons. The first kappa shape index (κ1) is 17.9. The maximum absolute atomic E-state index is 12.7. The summed E-state index contributed by atoms with van der Waals surface area (Å²) >= 11 is 0. The van der Waals surface area contributed by atoms with Crippen LogP contribution in [-0.4, -0.2) is 44.9 Å². The highest BCUT2D eigenvalue weighted by Gasteiger charge is 2.32. The van der Waals surface area contributed by atoms with Gasteiger partial charge in [0.1, 0.15) is 5.82 Å². The number of amides is 1. The normalized spacial score (nSPS) is 20.2. The number of hydrogen-bond acceptors (Lipinski definition) is 5. The summed E-state index contributed by atoms with van der Waals surface area (Å²) < 4.78 is 0. The Morgan fingerprint density at radius 2 is 2.00 bits per heavy atom. The molecule has 1 amide bonds. The molecule has 2 aromatic rings. The van der Waals surface area contributed by atoms with Crippen molar-refractivity contribution in [3.8, 4) is 11.4 Å². The molecule has 0 spiro atoms. The maximum atomic E-state index is 12.7. The fourth-order valence-electron chi connectivity index (χ4n) is 4.10. The molecule has 0 bridgehead atoms. The van der Waals surface area contributed by atoms with Crippen LogP contribution < -0.4 is 5.32 Å². The first-order valence-corrected chi connectivity index (χ1v) is 9.93. The van der Waals surface area contributed by atoms with Gasteiger partial charge in [0.05, 0.1) is 0 Å². The molecule has 1 saturated carbocycles. The van der Waals surface area contributed by atoms with E-state index in [0.29, 0.717) is 11.7 Å². The lowest BCUT2D eigenvalue weighted by Gasteiger charge is -2.21. The van der Waals surface area contributed by atoms with E-state index in [9.17, 15) is 4.79 Å². The summed E-state index contributed by atoms with van der Waals surface area (Å²) in [7, 11) is 0. The second kappa shape index (κ2) is 7.62. The molecule has 1 saturated heterocycles. The van der Waals surface area contributed by atoms with Crippen molar-refractivity contribution < 1.29 is 4.79 Å². The number of carbonyl (C=O) groups is 1. The van der Waals surface area contributed by atoms with Gasteiger partial charge in [-0.1, -0.05) is 12.8 Å². The van der Waals surface area contributed by atoms with Gasteiger partial charge in [0.25, 0.3) is 0 Å².